The lowest BCUT2D eigenvalue weighted by Crippen LogP contribution is -2.56. The van der Waals surface area contributed by atoms with E-state index in [4.69, 9.17) is 0 Å². The summed E-state index contributed by atoms with van der Waals surface area (Å²) in [7, 11) is 1.26. The van der Waals surface area contributed by atoms with Gasteiger partial charge in [-0.15, -0.1) is 0 Å². The number of anilines is 1. The normalized spacial score (nSPS) is 23.0. The summed E-state index contributed by atoms with van der Waals surface area (Å²) in [5.41, 5.74) is -1.10. The van der Waals surface area contributed by atoms with Crippen LogP contribution in [0.2, 0.25) is 0 Å². The fourth-order valence-corrected chi connectivity index (χ4v) is 4.64. The summed E-state index contributed by atoms with van der Waals surface area (Å²) in [6, 6.07) is 0.0518. The lowest BCUT2D eigenvalue weighted by molar-refractivity contribution is -0.175. The van der Waals surface area contributed by atoms with E-state index in [2.05, 4.69) is 16.5 Å². The van der Waals surface area contributed by atoms with Crippen LogP contribution in [0.15, 0.2) is 12.3 Å². The molecular weight excluding hydrogens is 483 g/mol. The van der Waals surface area contributed by atoms with Crippen LogP contribution in [0.1, 0.15) is 33.6 Å². The van der Waals surface area contributed by atoms with Gasteiger partial charge >= 0.3 is 12.1 Å². The van der Waals surface area contributed by atoms with Gasteiger partial charge in [-0.25, -0.2) is 4.68 Å². The number of carbonyl (C=O) groups excluding carboxylic acids is 4. The third-order valence-corrected chi connectivity index (χ3v) is 6.53. The minimum atomic E-state index is -5.17. The first-order valence-electron chi connectivity index (χ1n) is 11.4. The van der Waals surface area contributed by atoms with Crippen molar-refractivity contribution in [3.05, 3.63) is 12.3 Å². The molecule has 1 unspecified atom stereocenters. The number of fused-ring (bicyclic) bond motifs is 1. The van der Waals surface area contributed by atoms with Crippen molar-refractivity contribution >= 4 is 29.4 Å². The Hall–Kier alpha value is -3.63. The van der Waals surface area contributed by atoms with E-state index in [1.807, 2.05) is 0 Å². The lowest BCUT2D eigenvalue weighted by atomic mass is 9.83. The molecule has 0 aliphatic carbocycles. The topological polar surface area (TPSA) is 140 Å². The number of nitrogens with zero attached hydrogens (tertiary/aromatic N) is 5. The number of aromatic nitrogens is 2. The molecule has 0 saturated carbocycles. The number of alkyl halides is 3. The Morgan fingerprint density at radius 2 is 2.00 bits per heavy atom. The van der Waals surface area contributed by atoms with Crippen LogP contribution in [0.3, 0.4) is 0 Å². The first kappa shape index (κ1) is 27.0. The summed E-state index contributed by atoms with van der Waals surface area (Å²) in [6.07, 6.45) is -3.44. The molecule has 2 aliphatic heterocycles. The van der Waals surface area contributed by atoms with Gasteiger partial charge in [0.25, 0.3) is 0 Å². The third-order valence-electron chi connectivity index (χ3n) is 6.53. The van der Waals surface area contributed by atoms with Crippen molar-refractivity contribution in [2.24, 2.45) is 11.3 Å². The van der Waals surface area contributed by atoms with Crippen molar-refractivity contribution in [2.45, 2.75) is 64.5 Å². The van der Waals surface area contributed by atoms with Crippen molar-refractivity contribution in [2.75, 3.05) is 18.9 Å². The number of carbonyl (C=O) groups is 4. The molecule has 3 rings (SSSR count). The maximum Gasteiger partial charge on any atom is 0.471 e. The van der Waals surface area contributed by atoms with Crippen molar-refractivity contribution in [1.82, 2.24) is 24.9 Å². The summed E-state index contributed by atoms with van der Waals surface area (Å²) in [5, 5.41) is 18.3. The van der Waals surface area contributed by atoms with Gasteiger partial charge in [0.2, 0.25) is 17.7 Å². The van der Waals surface area contributed by atoms with Crippen molar-refractivity contribution in [3.63, 3.8) is 0 Å². The highest BCUT2D eigenvalue weighted by atomic mass is 19.4. The predicted octanol–water partition coefficient (Wildman–Crippen LogP) is 0.886. The number of amides is 4. The maximum atomic E-state index is 13.7. The Kier molecular flexibility index (Phi) is 7.33. The van der Waals surface area contributed by atoms with E-state index in [-0.39, 0.29) is 37.8 Å². The van der Waals surface area contributed by atoms with Gasteiger partial charge in [-0.05, 0) is 25.7 Å². The highest BCUT2D eigenvalue weighted by molar-refractivity contribution is 5.98. The molecule has 14 heteroatoms. The van der Waals surface area contributed by atoms with Crippen LogP contribution < -0.4 is 10.6 Å². The van der Waals surface area contributed by atoms with Gasteiger partial charge in [-0.2, -0.15) is 23.5 Å². The maximum absolute atomic E-state index is 13.7. The van der Waals surface area contributed by atoms with E-state index in [9.17, 15) is 37.6 Å². The average Bonchev–Trinajstić information content (AvgIpc) is 3.40. The molecule has 1 spiro atoms. The van der Waals surface area contributed by atoms with Crippen LogP contribution in [0.25, 0.3) is 0 Å². The van der Waals surface area contributed by atoms with Gasteiger partial charge < -0.3 is 20.4 Å². The van der Waals surface area contributed by atoms with E-state index in [0.29, 0.717) is 5.82 Å². The van der Waals surface area contributed by atoms with E-state index in [0.717, 1.165) is 11.8 Å². The Labute approximate surface area is 205 Å². The average molecular weight is 512 g/mol. The molecule has 1 aromatic heterocycles. The first-order chi connectivity index (χ1) is 16.7. The quantitative estimate of drug-likeness (QED) is 0.581. The molecule has 196 valence electrons. The number of nitrogens with one attached hydrogen (secondary N) is 2. The molecule has 36 heavy (non-hydrogen) atoms. The monoisotopic (exact) mass is 511 g/mol. The molecule has 11 nitrogen and oxygen atoms in total. The number of hydrogen-bond donors (Lipinski definition) is 2. The molecule has 2 aliphatic rings. The fraction of sp³-hybridized carbons (Fsp3) is 0.636. The molecule has 1 fully saturated rings. The van der Waals surface area contributed by atoms with Gasteiger partial charge in [0.05, 0.1) is 24.2 Å². The number of rotatable bonds is 6. The van der Waals surface area contributed by atoms with Crippen LogP contribution in [-0.4, -0.2) is 81.1 Å². The standard InChI is InChI=1S/C22H28F3N7O4/c1-12(2)7-15(30(4)17(33)13(3)28-20(36)22(23,24)25)18(34)31-10-21(8-14(31)9-26)11-32-16(5-6-27-32)29-19(21)35/h5-6,12-15H,7-8,10-11H2,1-4H3,(H,28,36)(H,29,35)/t13-,14-,15-,21?/m0/s1. The molecule has 0 radical (unpaired) electrons. The third kappa shape index (κ3) is 5.14. The molecule has 0 bridgehead atoms. The molecule has 1 saturated heterocycles. The number of likely N-dealkylation sites (tertiary alicyclic amines) is 1. The largest absolute Gasteiger partial charge is 0.471 e. The van der Waals surface area contributed by atoms with Crippen LogP contribution in [0.4, 0.5) is 19.0 Å². The van der Waals surface area contributed by atoms with Crippen molar-refractivity contribution in [1.29, 1.82) is 5.26 Å². The van der Waals surface area contributed by atoms with Gasteiger partial charge in [0, 0.05) is 19.7 Å². The van der Waals surface area contributed by atoms with Gasteiger partial charge in [-0.1, -0.05) is 13.8 Å². The highest BCUT2D eigenvalue weighted by Crippen LogP contribution is 2.41. The van der Waals surface area contributed by atoms with Crippen LogP contribution in [0, 0.1) is 22.7 Å². The van der Waals surface area contributed by atoms with Gasteiger partial charge in [0.1, 0.15) is 23.9 Å². The SMILES string of the molecule is CC(C)C[C@@H](C(=O)N1CC2(C[C@H]1C#N)Cn1nccc1NC2=O)N(C)C(=O)[C@H](C)NC(=O)C(F)(F)F. The summed E-state index contributed by atoms with van der Waals surface area (Å²) in [5.74, 6) is -3.71. The molecule has 2 N–H and O–H groups in total. The number of halogens is 3. The van der Waals surface area contributed by atoms with Gasteiger partial charge in [0.15, 0.2) is 0 Å². The lowest BCUT2D eigenvalue weighted by Gasteiger charge is -2.35. The first-order valence-corrected chi connectivity index (χ1v) is 11.4. The summed E-state index contributed by atoms with van der Waals surface area (Å²) < 4.78 is 39.5. The zero-order chi connectivity index (χ0) is 27.0. The number of hydrogen-bond acceptors (Lipinski definition) is 6. The van der Waals surface area contributed by atoms with E-state index in [1.54, 1.807) is 29.9 Å². The Morgan fingerprint density at radius 3 is 2.58 bits per heavy atom. The van der Waals surface area contributed by atoms with Crippen molar-refractivity contribution < 1.29 is 32.3 Å². The molecular formula is C22H28F3N7O4. The summed E-state index contributed by atoms with van der Waals surface area (Å²) in [6.45, 7) is 4.76. The Balaban J connectivity index is 1.83. The highest BCUT2D eigenvalue weighted by Gasteiger charge is 2.54. The summed E-state index contributed by atoms with van der Waals surface area (Å²) >= 11 is 0. The zero-order valence-electron chi connectivity index (χ0n) is 20.3. The Morgan fingerprint density at radius 1 is 1.33 bits per heavy atom. The van der Waals surface area contributed by atoms with E-state index in [1.165, 1.54) is 18.1 Å². The van der Waals surface area contributed by atoms with Crippen LogP contribution in [0.5, 0.6) is 0 Å². The van der Waals surface area contributed by atoms with Gasteiger partial charge in [-0.3, -0.25) is 19.2 Å². The van der Waals surface area contributed by atoms with Crippen LogP contribution >= 0.6 is 0 Å². The van der Waals surface area contributed by atoms with Crippen LogP contribution in [-0.2, 0) is 25.7 Å². The molecule has 4 amide bonds. The minimum absolute atomic E-state index is 0.0600. The zero-order valence-corrected chi connectivity index (χ0v) is 20.3. The fourth-order valence-electron chi connectivity index (χ4n) is 4.64. The Bertz CT molecular complexity index is 1100. The van der Waals surface area contributed by atoms with E-state index >= 15 is 0 Å². The second-order valence-corrected chi connectivity index (χ2v) is 9.71. The van der Waals surface area contributed by atoms with E-state index < -0.39 is 47.4 Å². The smallest absolute Gasteiger partial charge is 0.337 e. The molecule has 0 aromatic carbocycles. The molecule has 3 heterocycles. The second-order valence-electron chi connectivity index (χ2n) is 9.71. The predicted molar refractivity (Wildman–Crippen MR) is 119 cm³/mol. The van der Waals surface area contributed by atoms with Crippen molar-refractivity contribution in [3.8, 4) is 6.07 Å². The minimum Gasteiger partial charge on any atom is -0.337 e. The molecule has 1 aromatic rings. The number of nitriles is 1. The molecule has 4 atom stereocenters. The number of likely N-dealkylation sites (N-methyl/N-ethyl adjacent to an activating group) is 1. The summed E-state index contributed by atoms with van der Waals surface area (Å²) in [4.78, 5) is 53.1. The second kappa shape index (κ2) is 9.79.